The Morgan fingerprint density at radius 1 is 0.760 bits per heavy atom. The third-order valence-corrected chi connectivity index (χ3v) is 7.51. The molecular formula is C14H23N3O6P2. The Morgan fingerprint density at radius 3 is 1.36 bits per heavy atom. The van der Waals surface area contributed by atoms with E-state index in [0.717, 1.165) is 0 Å². The molecule has 0 fully saturated rings. The van der Waals surface area contributed by atoms with Gasteiger partial charge in [0.25, 0.3) is 0 Å². The van der Waals surface area contributed by atoms with E-state index < -0.39 is 15.2 Å². The van der Waals surface area contributed by atoms with Gasteiger partial charge in [-0.25, -0.2) is 0 Å². The highest BCUT2D eigenvalue weighted by atomic mass is 31.2. The van der Waals surface area contributed by atoms with Gasteiger partial charge < -0.3 is 18.1 Å². The van der Waals surface area contributed by atoms with Crippen LogP contribution >= 0.6 is 15.2 Å². The summed E-state index contributed by atoms with van der Waals surface area (Å²) in [6.45, 7) is 7.70. The van der Waals surface area contributed by atoms with Gasteiger partial charge in [0.1, 0.15) is 11.0 Å². The number of aromatic amines is 1. The summed E-state index contributed by atoms with van der Waals surface area (Å²) in [6, 6.07) is 3.02. The van der Waals surface area contributed by atoms with Crippen LogP contribution in [0, 0.1) is 0 Å². The lowest BCUT2D eigenvalue weighted by atomic mass is 10.3. The van der Waals surface area contributed by atoms with Crippen molar-refractivity contribution in [2.45, 2.75) is 27.7 Å². The minimum Gasteiger partial charge on any atom is -0.305 e. The predicted octanol–water partition coefficient (Wildman–Crippen LogP) is 2.74. The third-order valence-electron chi connectivity index (χ3n) is 3.22. The number of aromatic nitrogens is 3. The van der Waals surface area contributed by atoms with Gasteiger partial charge in [-0.1, -0.05) is 0 Å². The summed E-state index contributed by atoms with van der Waals surface area (Å²) in [4.78, 5) is 0. The molecule has 0 saturated heterocycles. The first kappa shape index (κ1) is 20.2. The van der Waals surface area contributed by atoms with E-state index in [-0.39, 0.29) is 48.1 Å². The highest BCUT2D eigenvalue weighted by Crippen LogP contribution is 2.51. The van der Waals surface area contributed by atoms with Crippen molar-refractivity contribution in [2.24, 2.45) is 0 Å². The average Bonchev–Trinajstić information content (AvgIpc) is 3.04. The molecule has 0 aliphatic rings. The zero-order valence-corrected chi connectivity index (χ0v) is 16.5. The van der Waals surface area contributed by atoms with Crippen molar-refractivity contribution in [1.82, 2.24) is 15.4 Å². The van der Waals surface area contributed by atoms with E-state index in [1.165, 1.54) is 12.1 Å². The fraction of sp³-hybridized carbons (Fsp3) is 0.571. The first-order valence-electron chi connectivity index (χ1n) is 8.08. The van der Waals surface area contributed by atoms with E-state index >= 15 is 0 Å². The molecule has 1 aromatic heterocycles. The number of rotatable bonds is 10. The second kappa shape index (κ2) is 8.54. The van der Waals surface area contributed by atoms with E-state index in [9.17, 15) is 9.13 Å². The fourth-order valence-corrected chi connectivity index (χ4v) is 5.79. The Hall–Kier alpha value is -1.08. The number of benzene rings is 1. The number of H-pyrrole nitrogens is 1. The molecule has 11 heteroatoms. The standard InChI is InChI=1S/C14H23N3O6P2/c1-5-20-24(18,21-6-2)11-9-10-12(14-13(11)15-17-16-14)25(19,22-7-3)23-8-4/h9-10H,5-8H2,1-4H3,(H,15,16,17). The molecule has 0 atom stereocenters. The first-order chi connectivity index (χ1) is 12.0. The highest BCUT2D eigenvalue weighted by Gasteiger charge is 2.36. The SMILES string of the molecule is CCOP(=O)(OCC)c1ccc(P(=O)(OCC)OCC)c2n[nH]nc12. The lowest BCUT2D eigenvalue weighted by molar-refractivity contribution is 0.228. The summed E-state index contributed by atoms with van der Waals surface area (Å²) < 4.78 is 47.7. The van der Waals surface area contributed by atoms with Gasteiger partial charge in [-0.3, -0.25) is 9.13 Å². The minimum absolute atomic E-state index is 0.203. The summed E-state index contributed by atoms with van der Waals surface area (Å²) in [6.07, 6.45) is 0. The van der Waals surface area contributed by atoms with E-state index in [0.29, 0.717) is 0 Å². The summed E-state index contributed by atoms with van der Waals surface area (Å²) in [5.74, 6) is 0. The Kier molecular flexibility index (Phi) is 6.91. The molecule has 0 bridgehead atoms. The molecule has 0 radical (unpaired) electrons. The van der Waals surface area contributed by atoms with Crippen LogP contribution in [0.1, 0.15) is 27.7 Å². The second-order valence-electron chi connectivity index (χ2n) is 4.79. The van der Waals surface area contributed by atoms with Gasteiger partial charge in [0.05, 0.1) is 37.0 Å². The zero-order valence-electron chi connectivity index (χ0n) is 14.7. The average molecular weight is 391 g/mol. The highest BCUT2D eigenvalue weighted by molar-refractivity contribution is 7.63. The molecule has 2 aromatic rings. The molecule has 0 unspecified atom stereocenters. The van der Waals surface area contributed by atoms with Crippen LogP contribution in [0.15, 0.2) is 12.1 Å². The normalized spacial score (nSPS) is 12.8. The molecule has 0 aliphatic heterocycles. The number of hydrogen-bond acceptors (Lipinski definition) is 8. The first-order valence-corrected chi connectivity index (χ1v) is 11.2. The molecule has 0 amide bonds. The lowest BCUT2D eigenvalue weighted by Gasteiger charge is -2.20. The Morgan fingerprint density at radius 2 is 1.08 bits per heavy atom. The van der Waals surface area contributed by atoms with Crippen molar-refractivity contribution in [1.29, 1.82) is 0 Å². The smallest absolute Gasteiger partial charge is 0.305 e. The quantitative estimate of drug-likeness (QED) is 0.615. The van der Waals surface area contributed by atoms with Crippen molar-refractivity contribution in [3.63, 3.8) is 0 Å². The Balaban J connectivity index is 2.65. The molecule has 2 rings (SSSR count). The molecule has 140 valence electrons. The lowest BCUT2D eigenvalue weighted by Crippen LogP contribution is -2.18. The van der Waals surface area contributed by atoms with Crippen LogP contribution < -0.4 is 10.6 Å². The summed E-state index contributed by atoms with van der Waals surface area (Å²) in [7, 11) is -7.16. The van der Waals surface area contributed by atoms with Crippen molar-refractivity contribution in [3.8, 4) is 0 Å². The molecule has 9 nitrogen and oxygen atoms in total. The number of nitrogens with one attached hydrogen (secondary N) is 1. The number of nitrogens with zero attached hydrogens (tertiary/aromatic N) is 2. The van der Waals surface area contributed by atoms with Gasteiger partial charge >= 0.3 is 15.2 Å². The van der Waals surface area contributed by atoms with Crippen molar-refractivity contribution < 1.29 is 27.2 Å². The Bertz CT molecular complexity index is 725. The van der Waals surface area contributed by atoms with Crippen LogP contribution in [0.25, 0.3) is 11.0 Å². The molecule has 1 aromatic carbocycles. The molecular weight excluding hydrogens is 368 g/mol. The van der Waals surface area contributed by atoms with Gasteiger partial charge in [-0.2, -0.15) is 15.4 Å². The van der Waals surface area contributed by atoms with E-state index in [1.807, 2.05) is 0 Å². The Labute approximate surface area is 146 Å². The number of fused-ring (bicyclic) bond motifs is 1. The molecule has 0 saturated carbocycles. The van der Waals surface area contributed by atoms with Gasteiger partial charge in [-0.05, 0) is 39.8 Å². The summed E-state index contributed by atoms with van der Waals surface area (Å²) in [5, 5.41) is 11.1. The zero-order chi connectivity index (χ0) is 18.5. The molecule has 0 aliphatic carbocycles. The molecule has 1 heterocycles. The van der Waals surface area contributed by atoms with Crippen molar-refractivity contribution in [3.05, 3.63) is 12.1 Å². The summed E-state index contributed by atoms with van der Waals surface area (Å²) in [5.41, 5.74) is 0.504. The van der Waals surface area contributed by atoms with E-state index in [4.69, 9.17) is 18.1 Å². The topological polar surface area (TPSA) is 113 Å². The molecule has 0 spiro atoms. The van der Waals surface area contributed by atoms with Crippen molar-refractivity contribution in [2.75, 3.05) is 26.4 Å². The minimum atomic E-state index is -3.58. The maximum atomic E-state index is 13.1. The fourth-order valence-electron chi connectivity index (χ4n) is 2.38. The maximum absolute atomic E-state index is 13.1. The third kappa shape index (κ3) is 4.03. The monoisotopic (exact) mass is 391 g/mol. The van der Waals surface area contributed by atoms with Gasteiger partial charge in [-0.15, -0.1) is 0 Å². The molecule has 1 N–H and O–H groups in total. The van der Waals surface area contributed by atoms with E-state index in [1.54, 1.807) is 27.7 Å². The van der Waals surface area contributed by atoms with Crippen LogP contribution in [0.3, 0.4) is 0 Å². The van der Waals surface area contributed by atoms with Crippen LogP contribution in [0.2, 0.25) is 0 Å². The maximum Gasteiger partial charge on any atom is 0.363 e. The largest absolute Gasteiger partial charge is 0.363 e. The number of hydrogen-bond donors (Lipinski definition) is 1. The van der Waals surface area contributed by atoms with Crippen LogP contribution in [-0.4, -0.2) is 41.8 Å². The van der Waals surface area contributed by atoms with Crippen molar-refractivity contribution >= 4 is 36.8 Å². The predicted molar refractivity (Wildman–Crippen MR) is 94.9 cm³/mol. The molecule has 25 heavy (non-hydrogen) atoms. The van der Waals surface area contributed by atoms with Crippen LogP contribution in [0.5, 0.6) is 0 Å². The van der Waals surface area contributed by atoms with Crippen LogP contribution in [-0.2, 0) is 27.2 Å². The van der Waals surface area contributed by atoms with Gasteiger partial charge in [0.15, 0.2) is 0 Å². The second-order valence-corrected chi connectivity index (χ2v) is 8.78. The van der Waals surface area contributed by atoms with E-state index in [2.05, 4.69) is 15.4 Å². The summed E-state index contributed by atoms with van der Waals surface area (Å²) >= 11 is 0. The van der Waals surface area contributed by atoms with Gasteiger partial charge in [0, 0.05) is 0 Å². The van der Waals surface area contributed by atoms with Gasteiger partial charge in [0.2, 0.25) is 0 Å². The van der Waals surface area contributed by atoms with Crippen LogP contribution in [0.4, 0.5) is 0 Å².